The lowest BCUT2D eigenvalue weighted by molar-refractivity contribution is -0.130. The van der Waals surface area contributed by atoms with E-state index in [4.69, 9.17) is 11.6 Å². The highest BCUT2D eigenvalue weighted by atomic mass is 35.5. The third-order valence-corrected chi connectivity index (χ3v) is 5.97. The van der Waals surface area contributed by atoms with Crippen molar-refractivity contribution in [1.29, 1.82) is 5.26 Å². The van der Waals surface area contributed by atoms with E-state index >= 15 is 0 Å². The molecule has 178 valence electrons. The number of benzene rings is 1. The lowest BCUT2D eigenvalue weighted by Gasteiger charge is -2.36. The normalized spacial score (nSPS) is 14.1. The number of aliphatic hydroxyl groups excluding tert-OH is 1. The maximum Gasteiger partial charge on any atom is 0.288 e. The molecule has 10 heteroatoms. The SMILES string of the molecule is C=C/C=C(\O)C(=O)N1CCN(c2c(C#N)c(=O)n(Cc3cccc(F)c3)c3ncc(Cl)cc23)CC1. The lowest BCUT2D eigenvalue weighted by Crippen LogP contribution is -2.49. The number of fused-ring (bicyclic) bond motifs is 1. The van der Waals surface area contributed by atoms with Gasteiger partial charge in [0.1, 0.15) is 23.1 Å². The number of aliphatic hydroxyl groups is 1. The van der Waals surface area contributed by atoms with E-state index in [0.717, 1.165) is 0 Å². The highest BCUT2D eigenvalue weighted by molar-refractivity contribution is 6.31. The van der Waals surface area contributed by atoms with Crippen LogP contribution in [-0.2, 0) is 11.3 Å². The van der Waals surface area contributed by atoms with Gasteiger partial charge < -0.3 is 14.9 Å². The van der Waals surface area contributed by atoms with Crippen molar-refractivity contribution in [2.45, 2.75) is 6.54 Å². The maximum atomic E-state index is 13.7. The number of anilines is 1. The van der Waals surface area contributed by atoms with Gasteiger partial charge in [-0.25, -0.2) is 9.37 Å². The molecule has 1 aliphatic rings. The average molecular weight is 494 g/mol. The van der Waals surface area contributed by atoms with Crippen molar-refractivity contribution in [2.75, 3.05) is 31.1 Å². The first kappa shape index (κ1) is 24.0. The van der Waals surface area contributed by atoms with Crippen LogP contribution in [0.5, 0.6) is 0 Å². The second-order valence-electron chi connectivity index (χ2n) is 7.95. The minimum atomic E-state index is -0.556. The van der Waals surface area contributed by atoms with Crippen molar-refractivity contribution in [1.82, 2.24) is 14.5 Å². The molecule has 1 aliphatic heterocycles. The molecular formula is C25H21ClFN5O3. The first-order valence-corrected chi connectivity index (χ1v) is 11.1. The number of carbonyl (C=O) groups excluding carboxylic acids is 1. The number of rotatable bonds is 5. The van der Waals surface area contributed by atoms with Crippen molar-refractivity contribution < 1.29 is 14.3 Å². The predicted molar refractivity (Wildman–Crippen MR) is 131 cm³/mol. The van der Waals surface area contributed by atoms with Crippen molar-refractivity contribution >= 4 is 34.2 Å². The average Bonchev–Trinajstić information content (AvgIpc) is 2.85. The number of allylic oxidation sites excluding steroid dienone is 2. The standard InChI is InChI=1S/C25H21ClFN5O3/c1-2-4-21(33)25(35)31-9-7-30(8-10-31)22-19-12-17(26)14-29-23(19)32(24(34)20(22)13-28)15-16-5-3-6-18(27)11-16/h2-6,11-12,14,33H,1,7-10,15H2/b21-4-. The van der Waals surface area contributed by atoms with Crippen LogP contribution in [0.2, 0.25) is 5.02 Å². The van der Waals surface area contributed by atoms with Crippen LogP contribution >= 0.6 is 11.6 Å². The van der Waals surface area contributed by atoms with Gasteiger partial charge in [-0.2, -0.15) is 5.26 Å². The van der Waals surface area contributed by atoms with Gasteiger partial charge in [0, 0.05) is 37.8 Å². The Hall–Kier alpha value is -4.16. The molecule has 1 saturated heterocycles. The zero-order valence-electron chi connectivity index (χ0n) is 18.6. The molecule has 0 atom stereocenters. The second kappa shape index (κ2) is 9.99. The van der Waals surface area contributed by atoms with Gasteiger partial charge in [0.15, 0.2) is 5.76 Å². The van der Waals surface area contributed by atoms with Crippen LogP contribution in [0.4, 0.5) is 10.1 Å². The van der Waals surface area contributed by atoms with E-state index in [9.17, 15) is 24.3 Å². The summed E-state index contributed by atoms with van der Waals surface area (Å²) in [6.45, 7) is 4.65. The molecule has 0 saturated carbocycles. The largest absolute Gasteiger partial charge is 0.503 e. The fourth-order valence-electron chi connectivity index (χ4n) is 4.16. The van der Waals surface area contributed by atoms with E-state index in [0.29, 0.717) is 40.4 Å². The van der Waals surface area contributed by atoms with Gasteiger partial charge in [0.05, 0.1) is 17.3 Å². The van der Waals surface area contributed by atoms with Crippen molar-refractivity contribution in [3.8, 4) is 6.07 Å². The molecule has 0 radical (unpaired) electrons. The number of nitrogens with zero attached hydrogens (tertiary/aromatic N) is 5. The summed E-state index contributed by atoms with van der Waals surface area (Å²) in [4.78, 5) is 33.5. The van der Waals surface area contributed by atoms with E-state index < -0.39 is 23.0 Å². The maximum absolute atomic E-state index is 13.7. The molecule has 1 aromatic carbocycles. The summed E-state index contributed by atoms with van der Waals surface area (Å²) in [6, 6.07) is 9.51. The quantitative estimate of drug-likeness (QED) is 0.332. The van der Waals surface area contributed by atoms with Crippen molar-refractivity contribution in [3.05, 3.63) is 93.3 Å². The van der Waals surface area contributed by atoms with Crippen LogP contribution in [0.25, 0.3) is 11.0 Å². The Labute approximate surface area is 205 Å². The number of amides is 1. The highest BCUT2D eigenvalue weighted by Crippen LogP contribution is 2.31. The molecule has 0 aliphatic carbocycles. The Kier molecular flexibility index (Phi) is 6.85. The van der Waals surface area contributed by atoms with E-state index in [1.54, 1.807) is 18.2 Å². The summed E-state index contributed by atoms with van der Waals surface area (Å²) in [7, 11) is 0. The van der Waals surface area contributed by atoms with Crippen LogP contribution in [0.15, 0.2) is 65.8 Å². The Morgan fingerprint density at radius 2 is 2.03 bits per heavy atom. The predicted octanol–water partition coefficient (Wildman–Crippen LogP) is 3.39. The summed E-state index contributed by atoms with van der Waals surface area (Å²) >= 11 is 6.23. The first-order valence-electron chi connectivity index (χ1n) is 10.8. The zero-order chi connectivity index (χ0) is 25.1. The number of halogens is 2. The summed E-state index contributed by atoms with van der Waals surface area (Å²) in [6.07, 6.45) is 3.96. The van der Waals surface area contributed by atoms with Gasteiger partial charge in [-0.15, -0.1) is 0 Å². The number of hydrogen-bond donors (Lipinski definition) is 1. The molecule has 1 N–H and O–H groups in total. The summed E-state index contributed by atoms with van der Waals surface area (Å²) in [5, 5.41) is 20.6. The minimum Gasteiger partial charge on any atom is -0.503 e. The highest BCUT2D eigenvalue weighted by Gasteiger charge is 2.28. The molecule has 4 rings (SSSR count). The molecule has 1 amide bonds. The molecule has 0 spiro atoms. The van der Waals surface area contributed by atoms with Gasteiger partial charge in [0.25, 0.3) is 11.5 Å². The molecule has 0 bridgehead atoms. The third-order valence-electron chi connectivity index (χ3n) is 5.76. The van der Waals surface area contributed by atoms with Crippen LogP contribution in [-0.4, -0.2) is 51.6 Å². The Bertz CT molecular complexity index is 1450. The molecular weight excluding hydrogens is 473 g/mol. The summed E-state index contributed by atoms with van der Waals surface area (Å²) in [5.74, 6) is -1.37. The Balaban J connectivity index is 1.77. The molecule has 35 heavy (non-hydrogen) atoms. The fraction of sp³-hybridized carbons (Fsp3) is 0.200. The smallest absolute Gasteiger partial charge is 0.288 e. The number of piperazine rings is 1. The zero-order valence-corrected chi connectivity index (χ0v) is 19.4. The second-order valence-corrected chi connectivity index (χ2v) is 8.38. The van der Waals surface area contributed by atoms with E-state index in [1.165, 1.54) is 39.9 Å². The van der Waals surface area contributed by atoms with Crippen molar-refractivity contribution in [3.63, 3.8) is 0 Å². The Morgan fingerprint density at radius 3 is 2.69 bits per heavy atom. The van der Waals surface area contributed by atoms with E-state index in [1.807, 2.05) is 11.0 Å². The van der Waals surface area contributed by atoms with Crippen LogP contribution in [0, 0.1) is 17.1 Å². The van der Waals surface area contributed by atoms with Gasteiger partial charge >= 0.3 is 0 Å². The molecule has 3 heterocycles. The number of aromatic nitrogens is 2. The monoisotopic (exact) mass is 493 g/mol. The number of hydrogen-bond acceptors (Lipinski definition) is 6. The summed E-state index contributed by atoms with van der Waals surface area (Å²) in [5.41, 5.74) is 0.589. The number of carbonyl (C=O) groups is 1. The van der Waals surface area contributed by atoms with E-state index in [2.05, 4.69) is 11.6 Å². The molecule has 1 fully saturated rings. The molecule has 3 aromatic rings. The van der Waals surface area contributed by atoms with Gasteiger partial charge in [-0.1, -0.05) is 36.4 Å². The first-order chi connectivity index (χ1) is 16.8. The lowest BCUT2D eigenvalue weighted by atomic mass is 10.1. The van der Waals surface area contributed by atoms with Crippen LogP contribution in [0.1, 0.15) is 11.1 Å². The van der Waals surface area contributed by atoms with Crippen LogP contribution < -0.4 is 10.5 Å². The number of nitriles is 1. The van der Waals surface area contributed by atoms with Crippen LogP contribution in [0.3, 0.4) is 0 Å². The fourth-order valence-corrected chi connectivity index (χ4v) is 4.32. The third kappa shape index (κ3) is 4.74. The summed E-state index contributed by atoms with van der Waals surface area (Å²) < 4.78 is 15.1. The minimum absolute atomic E-state index is 0.0217. The Morgan fingerprint density at radius 1 is 1.29 bits per heavy atom. The van der Waals surface area contributed by atoms with Gasteiger partial charge in [-0.05, 0) is 29.8 Å². The topological polar surface area (TPSA) is 102 Å². The number of pyridine rings is 2. The molecule has 8 nitrogen and oxygen atoms in total. The van der Waals surface area contributed by atoms with E-state index in [-0.39, 0.29) is 25.2 Å². The molecule has 0 unspecified atom stereocenters. The van der Waals surface area contributed by atoms with Gasteiger partial charge in [-0.3, -0.25) is 14.2 Å². The van der Waals surface area contributed by atoms with Crippen molar-refractivity contribution in [2.24, 2.45) is 0 Å². The molecule has 2 aromatic heterocycles. The van der Waals surface area contributed by atoms with Gasteiger partial charge in [0.2, 0.25) is 0 Å².